The Morgan fingerprint density at radius 3 is 2.78 bits per heavy atom. The van der Waals surface area contributed by atoms with Gasteiger partial charge in [-0.05, 0) is 12.5 Å². The Labute approximate surface area is 104 Å². The van der Waals surface area contributed by atoms with Crippen molar-refractivity contribution in [2.45, 2.75) is 26.7 Å². The van der Waals surface area contributed by atoms with E-state index in [4.69, 9.17) is 4.74 Å². The summed E-state index contributed by atoms with van der Waals surface area (Å²) >= 11 is 0. The van der Waals surface area contributed by atoms with Gasteiger partial charge in [-0.3, -0.25) is 14.9 Å². The van der Waals surface area contributed by atoms with Crippen LogP contribution in [0.3, 0.4) is 0 Å². The lowest BCUT2D eigenvalue weighted by atomic mass is 10.1. The third kappa shape index (κ3) is 3.51. The number of halogens is 1. The van der Waals surface area contributed by atoms with Gasteiger partial charge in [-0.2, -0.15) is 0 Å². The van der Waals surface area contributed by atoms with Gasteiger partial charge < -0.3 is 4.74 Å². The second kappa shape index (κ2) is 6.09. The molecule has 18 heavy (non-hydrogen) atoms. The van der Waals surface area contributed by atoms with Gasteiger partial charge >= 0.3 is 11.7 Å². The minimum Gasteiger partial charge on any atom is -0.419 e. The molecular weight excluding hydrogens is 241 g/mol. The molecule has 0 aromatic heterocycles. The summed E-state index contributed by atoms with van der Waals surface area (Å²) in [5.41, 5.74) is -0.423. The number of nitro groups is 1. The van der Waals surface area contributed by atoms with Gasteiger partial charge in [-0.25, -0.2) is 4.39 Å². The van der Waals surface area contributed by atoms with Crippen LogP contribution in [0.5, 0.6) is 5.75 Å². The predicted octanol–water partition coefficient (Wildman–Crippen LogP) is 3.08. The van der Waals surface area contributed by atoms with Crippen LogP contribution in [0.2, 0.25) is 0 Å². The molecule has 1 aromatic carbocycles. The molecule has 0 amide bonds. The Hall–Kier alpha value is -1.98. The molecule has 1 rings (SSSR count). The zero-order valence-corrected chi connectivity index (χ0v) is 10.2. The van der Waals surface area contributed by atoms with Crippen LogP contribution < -0.4 is 4.74 Å². The number of hydrogen-bond donors (Lipinski definition) is 0. The molecule has 1 atom stereocenters. The van der Waals surface area contributed by atoms with Crippen molar-refractivity contribution >= 4 is 11.7 Å². The number of nitrogens with zero attached hydrogens (tertiary/aromatic N) is 1. The van der Waals surface area contributed by atoms with Crippen molar-refractivity contribution in [1.29, 1.82) is 0 Å². The first-order chi connectivity index (χ1) is 8.45. The Balaban J connectivity index is 2.92. The molecule has 1 aromatic rings. The zero-order chi connectivity index (χ0) is 13.7. The highest BCUT2D eigenvalue weighted by Gasteiger charge is 2.21. The highest BCUT2D eigenvalue weighted by Crippen LogP contribution is 2.28. The van der Waals surface area contributed by atoms with Crippen molar-refractivity contribution in [3.63, 3.8) is 0 Å². The molecule has 0 aliphatic rings. The number of carbonyl (C=O) groups excluding carboxylic acids is 1. The summed E-state index contributed by atoms with van der Waals surface area (Å²) < 4.78 is 17.9. The second-order valence-corrected chi connectivity index (χ2v) is 3.98. The van der Waals surface area contributed by atoms with Crippen LogP contribution >= 0.6 is 0 Å². The molecule has 1 unspecified atom stereocenters. The number of benzene rings is 1. The fraction of sp³-hybridized carbons (Fsp3) is 0.417. The molecule has 0 aliphatic carbocycles. The third-order valence-electron chi connectivity index (χ3n) is 2.45. The van der Waals surface area contributed by atoms with E-state index in [0.717, 1.165) is 24.6 Å². The molecule has 0 bridgehead atoms. The fourth-order valence-corrected chi connectivity index (χ4v) is 1.48. The molecular formula is C12H14FNO4. The molecule has 0 saturated heterocycles. The van der Waals surface area contributed by atoms with Gasteiger partial charge in [-0.1, -0.05) is 20.3 Å². The lowest BCUT2D eigenvalue weighted by Gasteiger charge is -2.10. The van der Waals surface area contributed by atoms with Gasteiger partial charge in [0.2, 0.25) is 5.75 Å². The van der Waals surface area contributed by atoms with Gasteiger partial charge in [0, 0.05) is 12.1 Å². The molecule has 6 heteroatoms. The molecule has 5 nitrogen and oxygen atoms in total. The predicted molar refractivity (Wildman–Crippen MR) is 62.8 cm³/mol. The maximum absolute atomic E-state index is 13.0. The van der Waals surface area contributed by atoms with E-state index in [1.807, 2.05) is 6.92 Å². The van der Waals surface area contributed by atoms with E-state index >= 15 is 0 Å². The van der Waals surface area contributed by atoms with E-state index in [-0.39, 0.29) is 11.7 Å². The zero-order valence-electron chi connectivity index (χ0n) is 10.2. The van der Waals surface area contributed by atoms with Crippen molar-refractivity contribution in [3.8, 4) is 5.75 Å². The molecule has 98 valence electrons. The Bertz CT molecular complexity index is 461. The minimum atomic E-state index is -0.716. The quantitative estimate of drug-likeness (QED) is 0.351. The maximum atomic E-state index is 13.0. The Morgan fingerprint density at radius 2 is 2.22 bits per heavy atom. The van der Waals surface area contributed by atoms with E-state index in [1.54, 1.807) is 6.92 Å². The van der Waals surface area contributed by atoms with E-state index in [2.05, 4.69) is 0 Å². The number of hydrogen-bond acceptors (Lipinski definition) is 4. The van der Waals surface area contributed by atoms with Crippen LogP contribution in [0.4, 0.5) is 10.1 Å². The number of nitro benzene ring substituents is 1. The van der Waals surface area contributed by atoms with Crippen LogP contribution in [-0.2, 0) is 4.79 Å². The highest BCUT2D eigenvalue weighted by atomic mass is 19.1. The van der Waals surface area contributed by atoms with Gasteiger partial charge in [0.25, 0.3) is 0 Å². The number of ether oxygens (including phenoxy) is 1. The van der Waals surface area contributed by atoms with Crippen molar-refractivity contribution in [3.05, 3.63) is 34.1 Å². The summed E-state index contributed by atoms with van der Waals surface area (Å²) in [4.78, 5) is 21.6. The average molecular weight is 255 g/mol. The largest absolute Gasteiger partial charge is 0.419 e. The van der Waals surface area contributed by atoms with E-state index < -0.39 is 22.4 Å². The van der Waals surface area contributed by atoms with Crippen molar-refractivity contribution < 1.29 is 18.8 Å². The first kappa shape index (κ1) is 14.1. The topological polar surface area (TPSA) is 69.4 Å². The van der Waals surface area contributed by atoms with Crippen molar-refractivity contribution in [1.82, 2.24) is 0 Å². The smallest absolute Gasteiger partial charge is 0.314 e. The summed E-state index contributed by atoms with van der Waals surface area (Å²) in [7, 11) is 0. The molecule has 0 N–H and O–H groups in total. The van der Waals surface area contributed by atoms with Crippen molar-refractivity contribution in [2.24, 2.45) is 5.92 Å². The highest BCUT2D eigenvalue weighted by molar-refractivity contribution is 5.76. The van der Waals surface area contributed by atoms with Gasteiger partial charge in [0.1, 0.15) is 5.82 Å². The molecule has 0 saturated carbocycles. The van der Waals surface area contributed by atoms with Crippen LogP contribution in [0.15, 0.2) is 18.2 Å². The molecule has 0 aliphatic heterocycles. The molecule has 0 spiro atoms. The molecule has 0 fully saturated rings. The first-order valence-corrected chi connectivity index (χ1v) is 5.61. The van der Waals surface area contributed by atoms with Gasteiger partial charge in [-0.15, -0.1) is 0 Å². The molecule has 0 radical (unpaired) electrons. The lowest BCUT2D eigenvalue weighted by molar-refractivity contribution is -0.385. The third-order valence-corrected chi connectivity index (χ3v) is 2.45. The summed E-state index contributed by atoms with van der Waals surface area (Å²) in [5.74, 6) is -2.01. The normalized spacial score (nSPS) is 11.9. The first-order valence-electron chi connectivity index (χ1n) is 5.61. The van der Waals surface area contributed by atoms with Crippen LogP contribution in [-0.4, -0.2) is 10.9 Å². The number of esters is 1. The standard InChI is InChI=1S/C12H14FNO4/c1-3-4-8(2)12(15)18-11-7-9(13)5-6-10(11)14(16)17/h5-8H,3-4H2,1-2H3. The Kier molecular flexibility index (Phi) is 4.76. The Morgan fingerprint density at radius 1 is 1.56 bits per heavy atom. The summed E-state index contributed by atoms with van der Waals surface area (Å²) in [6.07, 6.45) is 1.41. The second-order valence-electron chi connectivity index (χ2n) is 3.98. The van der Waals surface area contributed by atoms with Crippen LogP contribution in [0.1, 0.15) is 26.7 Å². The maximum Gasteiger partial charge on any atom is 0.314 e. The van der Waals surface area contributed by atoms with E-state index in [1.165, 1.54) is 0 Å². The number of rotatable bonds is 5. The van der Waals surface area contributed by atoms with Gasteiger partial charge in [0.15, 0.2) is 0 Å². The monoisotopic (exact) mass is 255 g/mol. The van der Waals surface area contributed by atoms with E-state index in [0.29, 0.717) is 6.42 Å². The minimum absolute atomic E-state index is 0.354. The fourth-order valence-electron chi connectivity index (χ4n) is 1.48. The van der Waals surface area contributed by atoms with Crippen LogP contribution in [0.25, 0.3) is 0 Å². The summed E-state index contributed by atoms with van der Waals surface area (Å²) in [5, 5.41) is 10.7. The lowest BCUT2D eigenvalue weighted by Crippen LogP contribution is -2.18. The number of carbonyl (C=O) groups is 1. The van der Waals surface area contributed by atoms with Crippen LogP contribution in [0, 0.1) is 21.8 Å². The summed E-state index contributed by atoms with van der Waals surface area (Å²) in [6.45, 7) is 3.57. The van der Waals surface area contributed by atoms with Gasteiger partial charge in [0.05, 0.1) is 10.8 Å². The van der Waals surface area contributed by atoms with Crippen molar-refractivity contribution in [2.75, 3.05) is 0 Å². The molecule has 0 heterocycles. The average Bonchev–Trinajstić information content (AvgIpc) is 2.28. The van der Waals surface area contributed by atoms with E-state index in [9.17, 15) is 19.3 Å². The summed E-state index contributed by atoms with van der Waals surface area (Å²) in [6, 6.07) is 2.77. The SMILES string of the molecule is CCCC(C)C(=O)Oc1cc(F)ccc1[N+](=O)[O-].